The van der Waals surface area contributed by atoms with Gasteiger partial charge in [-0.3, -0.25) is 0 Å². The maximum absolute atomic E-state index is 10.0. The zero-order valence-corrected chi connectivity index (χ0v) is 10.4. The molecule has 1 saturated carbocycles. The topological polar surface area (TPSA) is 68.4 Å². The molecule has 2 atom stereocenters. The molecule has 5 heteroatoms. The molecule has 2 rings (SSSR count). The molecule has 1 N–H and O–H groups in total. The molecule has 1 fully saturated rings. The predicted octanol–water partition coefficient (Wildman–Crippen LogP) is 1.87. The monoisotopic (exact) mass is 240 g/mol. The highest BCUT2D eigenvalue weighted by Crippen LogP contribution is 2.29. The Morgan fingerprint density at radius 2 is 2.18 bits per heavy atom. The van der Waals surface area contributed by atoms with Gasteiger partial charge < -0.3 is 14.4 Å². The Labute approximate surface area is 101 Å². The van der Waals surface area contributed by atoms with E-state index in [0.29, 0.717) is 24.1 Å². The number of ether oxygens (including phenoxy) is 1. The Balaban J connectivity index is 1.91. The molecule has 2 unspecified atom stereocenters. The Hall–Kier alpha value is -0.940. The largest absolute Gasteiger partial charge is 0.392 e. The van der Waals surface area contributed by atoms with Gasteiger partial charge in [-0.25, -0.2) is 0 Å². The van der Waals surface area contributed by atoms with Gasteiger partial charge in [-0.15, -0.1) is 0 Å². The van der Waals surface area contributed by atoms with Gasteiger partial charge in [0, 0.05) is 7.11 Å². The average molecular weight is 240 g/mol. The second kappa shape index (κ2) is 5.60. The van der Waals surface area contributed by atoms with Gasteiger partial charge in [0.2, 0.25) is 5.89 Å². The lowest BCUT2D eigenvalue weighted by atomic mass is 9.98. The van der Waals surface area contributed by atoms with Crippen LogP contribution < -0.4 is 0 Å². The Morgan fingerprint density at radius 1 is 1.47 bits per heavy atom. The molecule has 0 radical (unpaired) electrons. The molecule has 0 amide bonds. The van der Waals surface area contributed by atoms with E-state index < -0.39 is 0 Å². The number of aliphatic hydroxyl groups excluding tert-OH is 1. The van der Waals surface area contributed by atoms with Crippen LogP contribution in [0.1, 0.15) is 50.4 Å². The van der Waals surface area contributed by atoms with Crippen LogP contribution in [0.25, 0.3) is 0 Å². The zero-order chi connectivity index (χ0) is 12.3. The van der Waals surface area contributed by atoms with E-state index >= 15 is 0 Å². The highest BCUT2D eigenvalue weighted by atomic mass is 16.5. The molecule has 1 aliphatic rings. The molecule has 1 aromatic rings. The van der Waals surface area contributed by atoms with Crippen LogP contribution in [0, 0.1) is 5.92 Å². The number of nitrogens with zero attached hydrogens (tertiary/aromatic N) is 2. The van der Waals surface area contributed by atoms with Crippen molar-refractivity contribution in [1.29, 1.82) is 0 Å². The van der Waals surface area contributed by atoms with E-state index in [9.17, 15) is 5.11 Å². The number of hydrogen-bond acceptors (Lipinski definition) is 5. The van der Waals surface area contributed by atoms with Gasteiger partial charge in [-0.05, 0) is 25.7 Å². The van der Waals surface area contributed by atoms with Crippen LogP contribution in [-0.2, 0) is 11.2 Å². The molecule has 0 aromatic carbocycles. The Kier molecular flexibility index (Phi) is 4.12. The molecule has 1 heterocycles. The first-order valence-electron chi connectivity index (χ1n) is 6.24. The molecule has 5 nitrogen and oxygen atoms in total. The third-order valence-electron chi connectivity index (χ3n) is 3.53. The zero-order valence-electron chi connectivity index (χ0n) is 10.4. The van der Waals surface area contributed by atoms with Crippen LogP contribution in [-0.4, -0.2) is 28.5 Å². The Bertz CT molecular complexity index is 347. The minimum Gasteiger partial charge on any atom is -0.392 e. The van der Waals surface area contributed by atoms with Crippen LogP contribution in [0.2, 0.25) is 0 Å². The van der Waals surface area contributed by atoms with E-state index in [2.05, 4.69) is 10.1 Å². The standard InChI is InChI=1S/C12H20N2O3/c1-8(16-2)12-13-11(17-14-12)7-10(15)9-5-3-4-6-9/h8-10,15H,3-7H2,1-2H3. The van der Waals surface area contributed by atoms with E-state index in [0.717, 1.165) is 12.8 Å². The van der Waals surface area contributed by atoms with Gasteiger partial charge in [0.05, 0.1) is 12.5 Å². The van der Waals surface area contributed by atoms with Gasteiger partial charge in [-0.1, -0.05) is 18.0 Å². The fourth-order valence-corrected chi connectivity index (χ4v) is 2.31. The van der Waals surface area contributed by atoms with Gasteiger partial charge in [0.1, 0.15) is 6.10 Å². The van der Waals surface area contributed by atoms with Gasteiger partial charge in [0.25, 0.3) is 0 Å². The van der Waals surface area contributed by atoms with E-state index in [1.807, 2.05) is 6.92 Å². The summed E-state index contributed by atoms with van der Waals surface area (Å²) in [6.07, 6.45) is 4.58. The Morgan fingerprint density at radius 3 is 2.82 bits per heavy atom. The summed E-state index contributed by atoms with van der Waals surface area (Å²) in [4.78, 5) is 4.23. The smallest absolute Gasteiger partial charge is 0.229 e. The highest BCUT2D eigenvalue weighted by Gasteiger charge is 2.25. The van der Waals surface area contributed by atoms with Crippen molar-refractivity contribution in [2.45, 2.75) is 51.2 Å². The van der Waals surface area contributed by atoms with Gasteiger partial charge in [-0.2, -0.15) is 4.98 Å². The molecule has 0 spiro atoms. The normalized spacial score (nSPS) is 20.6. The first-order chi connectivity index (χ1) is 8.20. The van der Waals surface area contributed by atoms with Gasteiger partial charge in [0.15, 0.2) is 5.82 Å². The summed E-state index contributed by atoms with van der Waals surface area (Å²) in [6.45, 7) is 1.86. The van der Waals surface area contributed by atoms with Crippen molar-refractivity contribution in [3.8, 4) is 0 Å². The molecule has 17 heavy (non-hydrogen) atoms. The quantitative estimate of drug-likeness (QED) is 0.851. The predicted molar refractivity (Wildman–Crippen MR) is 61.4 cm³/mol. The molecular formula is C12H20N2O3. The van der Waals surface area contributed by atoms with Crippen LogP contribution in [0.4, 0.5) is 0 Å². The van der Waals surface area contributed by atoms with Crippen molar-refractivity contribution in [3.63, 3.8) is 0 Å². The van der Waals surface area contributed by atoms with E-state index in [1.165, 1.54) is 12.8 Å². The molecule has 1 aliphatic carbocycles. The first-order valence-corrected chi connectivity index (χ1v) is 6.24. The lowest BCUT2D eigenvalue weighted by Crippen LogP contribution is -2.20. The van der Waals surface area contributed by atoms with Crippen LogP contribution in [0.5, 0.6) is 0 Å². The van der Waals surface area contributed by atoms with E-state index in [1.54, 1.807) is 7.11 Å². The molecule has 0 saturated heterocycles. The minimum absolute atomic E-state index is 0.170. The highest BCUT2D eigenvalue weighted by molar-refractivity contribution is 4.92. The number of aromatic nitrogens is 2. The average Bonchev–Trinajstić information content (AvgIpc) is 2.98. The second-order valence-electron chi connectivity index (χ2n) is 4.74. The molecular weight excluding hydrogens is 220 g/mol. The third-order valence-corrected chi connectivity index (χ3v) is 3.53. The van der Waals surface area contributed by atoms with Crippen molar-refractivity contribution < 1.29 is 14.4 Å². The maximum Gasteiger partial charge on any atom is 0.229 e. The van der Waals surface area contributed by atoms with Crippen molar-refractivity contribution in [2.75, 3.05) is 7.11 Å². The minimum atomic E-state index is -0.358. The fraction of sp³-hybridized carbons (Fsp3) is 0.833. The van der Waals surface area contributed by atoms with Crippen LogP contribution in [0.3, 0.4) is 0 Å². The number of rotatable bonds is 5. The van der Waals surface area contributed by atoms with E-state index in [-0.39, 0.29) is 12.2 Å². The SMILES string of the molecule is COC(C)c1noc(CC(O)C2CCCC2)n1. The molecule has 1 aromatic heterocycles. The summed E-state index contributed by atoms with van der Waals surface area (Å²) < 4.78 is 10.2. The summed E-state index contributed by atoms with van der Waals surface area (Å²) in [7, 11) is 1.61. The van der Waals surface area contributed by atoms with Crippen LogP contribution in [0.15, 0.2) is 4.52 Å². The first kappa shape index (κ1) is 12.5. The number of aliphatic hydroxyl groups is 1. The molecule has 0 bridgehead atoms. The second-order valence-corrected chi connectivity index (χ2v) is 4.74. The lowest BCUT2D eigenvalue weighted by molar-refractivity contribution is 0.102. The summed E-state index contributed by atoms with van der Waals surface area (Å²) in [5.74, 6) is 1.44. The number of methoxy groups -OCH3 is 1. The lowest BCUT2D eigenvalue weighted by Gasteiger charge is -2.14. The van der Waals surface area contributed by atoms with Crippen LogP contribution >= 0.6 is 0 Å². The number of hydrogen-bond donors (Lipinski definition) is 1. The molecule has 96 valence electrons. The van der Waals surface area contributed by atoms with Crippen molar-refractivity contribution in [2.24, 2.45) is 5.92 Å². The summed E-state index contributed by atoms with van der Waals surface area (Å²) in [5, 5.41) is 13.9. The van der Waals surface area contributed by atoms with Crippen molar-refractivity contribution in [3.05, 3.63) is 11.7 Å². The summed E-state index contributed by atoms with van der Waals surface area (Å²) in [6, 6.07) is 0. The third kappa shape index (κ3) is 3.04. The van der Waals surface area contributed by atoms with Gasteiger partial charge >= 0.3 is 0 Å². The molecule has 0 aliphatic heterocycles. The maximum atomic E-state index is 10.0. The van der Waals surface area contributed by atoms with Crippen molar-refractivity contribution >= 4 is 0 Å². The fourth-order valence-electron chi connectivity index (χ4n) is 2.31. The summed E-state index contributed by atoms with van der Waals surface area (Å²) >= 11 is 0. The van der Waals surface area contributed by atoms with Crippen molar-refractivity contribution in [1.82, 2.24) is 10.1 Å². The van der Waals surface area contributed by atoms with E-state index in [4.69, 9.17) is 9.26 Å². The summed E-state index contributed by atoms with van der Waals surface area (Å²) in [5.41, 5.74) is 0.